The van der Waals surface area contributed by atoms with Crippen LogP contribution < -0.4 is 10.2 Å². The van der Waals surface area contributed by atoms with E-state index in [1.807, 2.05) is 11.4 Å². The Kier molecular flexibility index (Phi) is 4.39. The minimum Gasteiger partial charge on any atom is -0.480 e. The van der Waals surface area contributed by atoms with Crippen LogP contribution in [-0.2, 0) is 20.8 Å². The summed E-state index contributed by atoms with van der Waals surface area (Å²) in [4.78, 5) is 37.0. The number of carbonyl (C=O) groups is 3. The van der Waals surface area contributed by atoms with Crippen molar-refractivity contribution in [3.63, 3.8) is 0 Å². The van der Waals surface area contributed by atoms with Gasteiger partial charge in [-0.05, 0) is 24.3 Å². The van der Waals surface area contributed by atoms with Gasteiger partial charge in [-0.1, -0.05) is 0 Å². The van der Waals surface area contributed by atoms with Crippen LogP contribution in [0, 0.1) is 0 Å². The second-order valence-electron chi connectivity index (χ2n) is 4.68. The summed E-state index contributed by atoms with van der Waals surface area (Å²) in [6.07, 6.45) is 1.99. The first kappa shape index (κ1) is 14.5. The van der Waals surface area contributed by atoms with Crippen molar-refractivity contribution in [1.29, 1.82) is 0 Å². The number of carbonyl (C=O) groups excluding carboxylic acids is 2. The van der Waals surface area contributed by atoms with Gasteiger partial charge in [-0.25, -0.2) is 4.79 Å². The first-order chi connectivity index (χ1) is 9.49. The predicted octanol–water partition coefficient (Wildman–Crippen LogP) is 1.01. The van der Waals surface area contributed by atoms with Gasteiger partial charge < -0.3 is 15.3 Å². The number of rotatable bonds is 4. The second-order valence-corrected chi connectivity index (χ2v) is 5.68. The molecule has 2 rings (SSSR count). The molecule has 1 aliphatic heterocycles. The monoisotopic (exact) mass is 296 g/mol. The Bertz CT molecular complexity index is 540. The molecule has 108 valence electrons. The molecule has 1 atom stereocenters. The molecule has 1 unspecified atom stereocenters. The van der Waals surface area contributed by atoms with E-state index < -0.39 is 17.9 Å². The van der Waals surface area contributed by atoms with E-state index in [1.165, 1.54) is 11.8 Å². The first-order valence-corrected chi connectivity index (χ1v) is 7.23. The van der Waals surface area contributed by atoms with Crippen LogP contribution in [0.4, 0.5) is 5.69 Å². The number of hydrogen-bond acceptors (Lipinski definition) is 4. The SMILES string of the molecule is CC(=O)NC(CN1C(=O)CCCc2sccc21)C(=O)O. The average molecular weight is 296 g/mol. The summed E-state index contributed by atoms with van der Waals surface area (Å²) in [7, 11) is 0. The zero-order valence-electron chi connectivity index (χ0n) is 11.1. The molecule has 2 heterocycles. The summed E-state index contributed by atoms with van der Waals surface area (Å²) in [6.45, 7) is 1.22. The van der Waals surface area contributed by atoms with Crippen molar-refractivity contribution in [2.24, 2.45) is 0 Å². The van der Waals surface area contributed by atoms with E-state index in [2.05, 4.69) is 5.32 Å². The summed E-state index contributed by atoms with van der Waals surface area (Å²) in [5.41, 5.74) is 0.772. The minimum absolute atomic E-state index is 0.0442. The van der Waals surface area contributed by atoms with Crippen LogP contribution in [0.5, 0.6) is 0 Å². The lowest BCUT2D eigenvalue weighted by Crippen LogP contribution is -2.49. The van der Waals surface area contributed by atoms with Crippen molar-refractivity contribution in [1.82, 2.24) is 5.32 Å². The second kappa shape index (κ2) is 6.04. The molecule has 0 saturated carbocycles. The topological polar surface area (TPSA) is 86.7 Å². The average Bonchev–Trinajstić information content (AvgIpc) is 2.76. The molecule has 0 saturated heterocycles. The number of aryl methyl sites for hydroxylation is 1. The van der Waals surface area contributed by atoms with Crippen LogP contribution in [0.15, 0.2) is 11.4 Å². The normalized spacial score (nSPS) is 16.2. The Balaban J connectivity index is 2.23. The molecule has 0 fully saturated rings. The smallest absolute Gasteiger partial charge is 0.328 e. The predicted molar refractivity (Wildman–Crippen MR) is 74.9 cm³/mol. The van der Waals surface area contributed by atoms with Crippen LogP contribution in [0.3, 0.4) is 0 Å². The Morgan fingerprint density at radius 1 is 1.50 bits per heavy atom. The van der Waals surface area contributed by atoms with Gasteiger partial charge in [-0.15, -0.1) is 11.3 Å². The lowest BCUT2D eigenvalue weighted by atomic mass is 10.2. The molecule has 1 aromatic heterocycles. The highest BCUT2D eigenvalue weighted by atomic mass is 32.1. The maximum atomic E-state index is 12.1. The fourth-order valence-corrected chi connectivity index (χ4v) is 3.17. The number of amides is 2. The summed E-state index contributed by atoms with van der Waals surface area (Å²) in [5.74, 6) is -1.67. The van der Waals surface area contributed by atoms with Crippen molar-refractivity contribution in [2.75, 3.05) is 11.4 Å². The Morgan fingerprint density at radius 2 is 2.25 bits per heavy atom. The van der Waals surface area contributed by atoms with Gasteiger partial charge in [-0.2, -0.15) is 0 Å². The molecular weight excluding hydrogens is 280 g/mol. The van der Waals surface area contributed by atoms with Crippen LogP contribution in [0.25, 0.3) is 0 Å². The zero-order valence-corrected chi connectivity index (χ0v) is 11.9. The maximum Gasteiger partial charge on any atom is 0.328 e. The number of carboxylic acids is 1. The van der Waals surface area contributed by atoms with E-state index in [0.717, 1.165) is 23.4 Å². The van der Waals surface area contributed by atoms with Gasteiger partial charge in [0, 0.05) is 18.2 Å². The molecule has 0 aliphatic carbocycles. The number of nitrogens with zero attached hydrogens (tertiary/aromatic N) is 1. The standard InChI is InChI=1S/C13H16N2O4S/c1-8(16)14-9(13(18)19)7-15-10-5-6-20-11(10)3-2-4-12(15)17/h5-6,9H,2-4,7H2,1H3,(H,14,16)(H,18,19). The molecule has 0 spiro atoms. The number of carboxylic acid groups (broad SMARTS) is 1. The zero-order chi connectivity index (χ0) is 14.7. The lowest BCUT2D eigenvalue weighted by Gasteiger charge is -2.25. The number of aliphatic carboxylic acids is 1. The highest BCUT2D eigenvalue weighted by molar-refractivity contribution is 7.10. The van der Waals surface area contributed by atoms with Gasteiger partial charge in [0.15, 0.2) is 0 Å². The molecule has 7 heteroatoms. The first-order valence-electron chi connectivity index (χ1n) is 6.35. The Hall–Kier alpha value is -1.89. The van der Waals surface area contributed by atoms with E-state index in [-0.39, 0.29) is 12.5 Å². The number of hydrogen-bond donors (Lipinski definition) is 2. The highest BCUT2D eigenvalue weighted by Gasteiger charge is 2.29. The Morgan fingerprint density at radius 3 is 2.90 bits per heavy atom. The third-order valence-electron chi connectivity index (χ3n) is 3.15. The van der Waals surface area contributed by atoms with Gasteiger partial charge in [0.25, 0.3) is 0 Å². The minimum atomic E-state index is -1.14. The van der Waals surface area contributed by atoms with Crippen molar-refractivity contribution in [3.8, 4) is 0 Å². The summed E-state index contributed by atoms with van der Waals surface area (Å²) >= 11 is 1.57. The van der Waals surface area contributed by atoms with Gasteiger partial charge in [0.05, 0.1) is 12.2 Å². The molecular formula is C13H16N2O4S. The summed E-state index contributed by atoms with van der Waals surface area (Å²) < 4.78 is 0. The van der Waals surface area contributed by atoms with Crippen molar-refractivity contribution in [2.45, 2.75) is 32.2 Å². The molecule has 0 aromatic carbocycles. The van der Waals surface area contributed by atoms with Crippen molar-refractivity contribution in [3.05, 3.63) is 16.3 Å². The fraction of sp³-hybridized carbons (Fsp3) is 0.462. The number of thiophene rings is 1. The molecule has 20 heavy (non-hydrogen) atoms. The van der Waals surface area contributed by atoms with Gasteiger partial charge in [-0.3, -0.25) is 9.59 Å². The van der Waals surface area contributed by atoms with Crippen LogP contribution in [-0.4, -0.2) is 35.5 Å². The largest absolute Gasteiger partial charge is 0.480 e. The summed E-state index contributed by atoms with van der Waals surface area (Å²) in [6, 6.07) is 0.734. The third-order valence-corrected chi connectivity index (χ3v) is 4.12. The number of nitrogens with one attached hydrogen (secondary N) is 1. The van der Waals surface area contributed by atoms with Crippen LogP contribution in [0.2, 0.25) is 0 Å². The highest BCUT2D eigenvalue weighted by Crippen LogP contribution is 2.31. The number of fused-ring (bicyclic) bond motifs is 1. The molecule has 6 nitrogen and oxygen atoms in total. The van der Waals surface area contributed by atoms with E-state index in [1.54, 1.807) is 11.3 Å². The van der Waals surface area contributed by atoms with E-state index >= 15 is 0 Å². The maximum absolute atomic E-state index is 12.1. The number of anilines is 1. The van der Waals surface area contributed by atoms with E-state index in [9.17, 15) is 14.4 Å². The molecule has 2 amide bonds. The molecule has 2 N–H and O–H groups in total. The quantitative estimate of drug-likeness (QED) is 0.868. The van der Waals surface area contributed by atoms with Gasteiger partial charge in [0.2, 0.25) is 11.8 Å². The Labute approximate surface area is 120 Å². The van der Waals surface area contributed by atoms with Crippen molar-refractivity contribution < 1.29 is 19.5 Å². The van der Waals surface area contributed by atoms with Gasteiger partial charge >= 0.3 is 5.97 Å². The van der Waals surface area contributed by atoms with E-state index in [4.69, 9.17) is 5.11 Å². The molecule has 1 aromatic rings. The van der Waals surface area contributed by atoms with Crippen LogP contribution >= 0.6 is 11.3 Å². The fourth-order valence-electron chi connectivity index (χ4n) is 2.24. The summed E-state index contributed by atoms with van der Waals surface area (Å²) in [5, 5.41) is 13.4. The molecule has 0 bridgehead atoms. The molecule has 1 aliphatic rings. The van der Waals surface area contributed by atoms with Crippen LogP contribution in [0.1, 0.15) is 24.6 Å². The van der Waals surface area contributed by atoms with Crippen molar-refractivity contribution >= 4 is 34.8 Å². The third kappa shape index (κ3) is 3.16. The lowest BCUT2D eigenvalue weighted by molar-refractivity contribution is -0.141. The van der Waals surface area contributed by atoms with E-state index in [0.29, 0.717) is 6.42 Å². The molecule has 0 radical (unpaired) electrons. The van der Waals surface area contributed by atoms with Gasteiger partial charge in [0.1, 0.15) is 6.04 Å².